The van der Waals surface area contributed by atoms with Crippen molar-refractivity contribution < 1.29 is 4.63 Å². The molecular formula is C14H21N3O. The fourth-order valence-corrected chi connectivity index (χ4v) is 5.48. The molecule has 4 bridgehead atoms. The van der Waals surface area contributed by atoms with Crippen molar-refractivity contribution in [1.29, 1.82) is 0 Å². The fraction of sp³-hybridized carbons (Fsp3) is 0.857. The van der Waals surface area contributed by atoms with Gasteiger partial charge in [-0.1, -0.05) is 12.1 Å². The highest BCUT2D eigenvalue weighted by Crippen LogP contribution is 2.59. The maximum atomic E-state index is 5.87. The Morgan fingerprint density at radius 2 is 1.67 bits per heavy atom. The van der Waals surface area contributed by atoms with Gasteiger partial charge in [-0.2, -0.15) is 0 Å². The molecule has 0 radical (unpaired) electrons. The molecule has 2 N–H and O–H groups in total. The molecule has 0 aliphatic heterocycles. The Morgan fingerprint density at radius 3 is 2.17 bits per heavy atom. The molecule has 1 atom stereocenters. The van der Waals surface area contributed by atoms with Gasteiger partial charge in [0, 0.05) is 5.92 Å². The van der Waals surface area contributed by atoms with Crippen molar-refractivity contribution in [3.05, 3.63) is 5.69 Å². The number of nitrogens with zero attached hydrogens (tertiary/aromatic N) is 2. The van der Waals surface area contributed by atoms with Crippen molar-refractivity contribution in [3.8, 4) is 0 Å². The topological polar surface area (TPSA) is 64.9 Å². The van der Waals surface area contributed by atoms with Gasteiger partial charge in [0.05, 0.1) is 0 Å². The molecule has 4 nitrogen and oxygen atoms in total. The van der Waals surface area contributed by atoms with Crippen LogP contribution < -0.4 is 5.73 Å². The maximum Gasteiger partial charge on any atom is 0.191 e. The molecule has 4 aliphatic rings. The first-order chi connectivity index (χ1) is 8.72. The van der Waals surface area contributed by atoms with Crippen LogP contribution in [0.4, 0.5) is 5.82 Å². The van der Waals surface area contributed by atoms with E-state index in [1.807, 2.05) is 0 Å². The average Bonchev–Trinajstić information content (AvgIpc) is 2.73. The van der Waals surface area contributed by atoms with Gasteiger partial charge in [0.25, 0.3) is 0 Å². The predicted molar refractivity (Wildman–Crippen MR) is 67.7 cm³/mol. The van der Waals surface area contributed by atoms with E-state index < -0.39 is 0 Å². The van der Waals surface area contributed by atoms with Crippen molar-refractivity contribution in [2.45, 2.75) is 44.9 Å². The molecule has 1 aromatic heterocycles. The smallest absolute Gasteiger partial charge is 0.191 e. The van der Waals surface area contributed by atoms with Gasteiger partial charge in [-0.25, -0.2) is 4.63 Å². The first-order valence-electron chi connectivity index (χ1n) is 7.30. The van der Waals surface area contributed by atoms with E-state index in [2.05, 4.69) is 17.2 Å². The maximum absolute atomic E-state index is 5.87. The van der Waals surface area contributed by atoms with Crippen molar-refractivity contribution in [1.82, 2.24) is 10.3 Å². The van der Waals surface area contributed by atoms with E-state index in [9.17, 15) is 0 Å². The quantitative estimate of drug-likeness (QED) is 0.872. The number of nitrogen functional groups attached to an aromatic ring is 1. The lowest BCUT2D eigenvalue weighted by molar-refractivity contribution is -0.0462. The van der Waals surface area contributed by atoms with Gasteiger partial charge in [-0.05, 0) is 66.9 Å². The standard InChI is InChI=1S/C14H21N3O/c1-7(13-14(15)17-18-16-13)12-10-3-8-2-9(5-10)6-11(12)4-8/h7-12H,2-6H2,1H3,(H2,15,17). The van der Waals surface area contributed by atoms with Gasteiger partial charge < -0.3 is 5.73 Å². The van der Waals surface area contributed by atoms with E-state index >= 15 is 0 Å². The van der Waals surface area contributed by atoms with E-state index in [4.69, 9.17) is 10.4 Å². The summed E-state index contributed by atoms with van der Waals surface area (Å²) in [6.07, 6.45) is 7.25. The van der Waals surface area contributed by atoms with Crippen LogP contribution in [0.3, 0.4) is 0 Å². The van der Waals surface area contributed by atoms with Crippen LogP contribution in [0.5, 0.6) is 0 Å². The largest absolute Gasteiger partial charge is 0.379 e. The molecule has 0 amide bonds. The zero-order valence-corrected chi connectivity index (χ0v) is 10.9. The Bertz CT molecular complexity index is 428. The highest BCUT2D eigenvalue weighted by Gasteiger charge is 2.50. The SMILES string of the molecule is CC(c1nonc1N)C1C2CC3CC(C2)CC1C3. The summed E-state index contributed by atoms with van der Waals surface area (Å²) in [5.74, 6) is 5.49. The second kappa shape index (κ2) is 3.72. The monoisotopic (exact) mass is 247 g/mol. The zero-order chi connectivity index (χ0) is 12.3. The molecule has 4 heteroatoms. The fourth-order valence-electron chi connectivity index (χ4n) is 5.48. The lowest BCUT2D eigenvalue weighted by atomic mass is 9.49. The van der Waals surface area contributed by atoms with Crippen LogP contribution in [0.25, 0.3) is 0 Å². The van der Waals surface area contributed by atoms with Crippen molar-refractivity contribution >= 4 is 5.82 Å². The minimum absolute atomic E-state index is 0.409. The molecule has 4 saturated carbocycles. The van der Waals surface area contributed by atoms with Crippen molar-refractivity contribution in [3.63, 3.8) is 0 Å². The molecule has 1 heterocycles. The molecule has 98 valence electrons. The van der Waals surface area contributed by atoms with Crippen LogP contribution in [-0.4, -0.2) is 10.3 Å². The Hall–Kier alpha value is -1.06. The first kappa shape index (κ1) is 10.8. The summed E-state index contributed by atoms with van der Waals surface area (Å²) in [6.45, 7) is 2.27. The Balaban J connectivity index is 1.63. The van der Waals surface area contributed by atoms with Crippen LogP contribution in [-0.2, 0) is 0 Å². The first-order valence-corrected chi connectivity index (χ1v) is 7.30. The zero-order valence-electron chi connectivity index (χ0n) is 10.9. The lowest BCUT2D eigenvalue weighted by Crippen LogP contribution is -2.46. The molecule has 18 heavy (non-hydrogen) atoms. The van der Waals surface area contributed by atoms with E-state index in [-0.39, 0.29) is 0 Å². The van der Waals surface area contributed by atoms with Crippen molar-refractivity contribution in [2.24, 2.45) is 29.6 Å². The summed E-state index contributed by atoms with van der Waals surface area (Å²) in [5.41, 5.74) is 6.76. The molecule has 0 saturated heterocycles. The molecule has 4 aliphatic carbocycles. The molecule has 0 aromatic carbocycles. The van der Waals surface area contributed by atoms with Gasteiger partial charge in [-0.15, -0.1) is 0 Å². The normalized spacial score (nSPS) is 43.3. The molecule has 5 rings (SSSR count). The number of nitrogens with two attached hydrogens (primary N) is 1. The predicted octanol–water partition coefficient (Wildman–Crippen LogP) is 2.83. The summed E-state index contributed by atoms with van der Waals surface area (Å²) in [4.78, 5) is 0. The van der Waals surface area contributed by atoms with Crippen LogP contribution in [0.15, 0.2) is 4.63 Å². The Labute approximate surface area is 107 Å². The van der Waals surface area contributed by atoms with E-state index in [1.54, 1.807) is 0 Å². The number of hydrogen-bond acceptors (Lipinski definition) is 4. The minimum Gasteiger partial charge on any atom is -0.379 e. The van der Waals surface area contributed by atoms with Gasteiger partial charge in [0.15, 0.2) is 5.82 Å². The molecule has 4 fully saturated rings. The van der Waals surface area contributed by atoms with Gasteiger partial charge in [0.1, 0.15) is 5.69 Å². The molecule has 1 unspecified atom stereocenters. The van der Waals surface area contributed by atoms with Crippen LogP contribution >= 0.6 is 0 Å². The summed E-state index contributed by atoms with van der Waals surface area (Å²) < 4.78 is 4.78. The second-order valence-corrected chi connectivity index (χ2v) is 6.83. The van der Waals surface area contributed by atoms with Crippen LogP contribution in [0.2, 0.25) is 0 Å². The van der Waals surface area contributed by atoms with Gasteiger partial charge in [0.2, 0.25) is 0 Å². The Kier molecular flexibility index (Phi) is 2.24. The third-order valence-electron chi connectivity index (χ3n) is 5.85. The number of aromatic nitrogens is 2. The van der Waals surface area contributed by atoms with E-state index in [0.29, 0.717) is 11.7 Å². The van der Waals surface area contributed by atoms with E-state index in [0.717, 1.165) is 35.3 Å². The third-order valence-corrected chi connectivity index (χ3v) is 5.85. The Morgan fingerprint density at radius 1 is 1.06 bits per heavy atom. The third kappa shape index (κ3) is 1.44. The highest BCUT2D eigenvalue weighted by molar-refractivity contribution is 5.34. The second-order valence-electron chi connectivity index (χ2n) is 6.83. The number of hydrogen-bond donors (Lipinski definition) is 1. The van der Waals surface area contributed by atoms with Crippen LogP contribution in [0, 0.1) is 29.6 Å². The molecule has 1 aromatic rings. The van der Waals surface area contributed by atoms with Gasteiger partial charge >= 0.3 is 0 Å². The minimum atomic E-state index is 0.409. The molecule has 0 spiro atoms. The summed E-state index contributed by atoms with van der Waals surface area (Å²) in [5, 5.41) is 7.78. The summed E-state index contributed by atoms with van der Waals surface area (Å²) >= 11 is 0. The van der Waals surface area contributed by atoms with Gasteiger partial charge in [-0.3, -0.25) is 0 Å². The number of rotatable bonds is 2. The summed E-state index contributed by atoms with van der Waals surface area (Å²) in [6, 6.07) is 0. The molecular weight excluding hydrogens is 226 g/mol. The van der Waals surface area contributed by atoms with E-state index in [1.165, 1.54) is 32.1 Å². The van der Waals surface area contributed by atoms with Crippen LogP contribution in [0.1, 0.15) is 50.6 Å². The number of anilines is 1. The van der Waals surface area contributed by atoms with Crippen molar-refractivity contribution in [2.75, 3.05) is 5.73 Å². The average molecular weight is 247 g/mol. The highest BCUT2D eigenvalue weighted by atomic mass is 16.6. The lowest BCUT2D eigenvalue weighted by Gasteiger charge is -2.55. The summed E-state index contributed by atoms with van der Waals surface area (Å²) in [7, 11) is 0.